The lowest BCUT2D eigenvalue weighted by Gasteiger charge is -2.30. The van der Waals surface area contributed by atoms with Gasteiger partial charge in [0, 0.05) is 17.6 Å². The summed E-state index contributed by atoms with van der Waals surface area (Å²) in [4.78, 5) is 0. The molecule has 0 aromatic heterocycles. The van der Waals surface area contributed by atoms with E-state index in [2.05, 4.69) is 17.6 Å². The summed E-state index contributed by atoms with van der Waals surface area (Å²) in [5, 5.41) is 8.21. The van der Waals surface area contributed by atoms with Crippen molar-refractivity contribution in [3.8, 4) is 0 Å². The van der Waals surface area contributed by atoms with Crippen LogP contribution in [0.5, 0.6) is 0 Å². The van der Waals surface area contributed by atoms with E-state index >= 15 is 0 Å². The fourth-order valence-corrected chi connectivity index (χ4v) is 3.02. The van der Waals surface area contributed by atoms with Crippen LogP contribution >= 0.6 is 23.8 Å². The summed E-state index contributed by atoms with van der Waals surface area (Å²) in [6.07, 6.45) is 5.18. The Bertz CT molecular complexity index is 436. The van der Waals surface area contributed by atoms with E-state index in [0.29, 0.717) is 18.5 Å². The molecule has 4 heteroatoms. The lowest BCUT2D eigenvalue weighted by Crippen LogP contribution is -2.45. The molecule has 2 rings (SSSR count). The highest BCUT2D eigenvalue weighted by Gasteiger charge is 2.21. The van der Waals surface area contributed by atoms with E-state index in [0.717, 1.165) is 15.7 Å². The van der Waals surface area contributed by atoms with Gasteiger partial charge in [-0.25, -0.2) is 0 Å². The van der Waals surface area contributed by atoms with Crippen LogP contribution in [0.3, 0.4) is 0 Å². The zero-order chi connectivity index (χ0) is 13.7. The molecule has 0 heterocycles. The normalized spacial score (nSPS) is 22.8. The lowest BCUT2D eigenvalue weighted by atomic mass is 9.86. The van der Waals surface area contributed by atoms with Gasteiger partial charge in [-0.15, -0.1) is 0 Å². The van der Waals surface area contributed by atoms with E-state index < -0.39 is 0 Å². The molecule has 0 unspecified atom stereocenters. The Balaban J connectivity index is 1.78. The van der Waals surface area contributed by atoms with Gasteiger partial charge in [0.25, 0.3) is 0 Å². The molecule has 0 aliphatic heterocycles. The minimum atomic E-state index is 0.521. The fraction of sp³-hybridized carbons (Fsp3) is 0.533. The van der Waals surface area contributed by atoms with Crippen LogP contribution in [0, 0.1) is 5.92 Å². The molecule has 0 amide bonds. The van der Waals surface area contributed by atoms with Crippen LogP contribution in [0.2, 0.25) is 5.02 Å². The van der Waals surface area contributed by atoms with Crippen molar-refractivity contribution in [2.75, 3.05) is 0 Å². The van der Waals surface area contributed by atoms with Crippen LogP contribution < -0.4 is 10.6 Å². The van der Waals surface area contributed by atoms with Gasteiger partial charge in [-0.05, 0) is 48.7 Å². The molecule has 19 heavy (non-hydrogen) atoms. The molecule has 1 aliphatic rings. The van der Waals surface area contributed by atoms with Crippen molar-refractivity contribution in [2.24, 2.45) is 5.92 Å². The highest BCUT2D eigenvalue weighted by atomic mass is 35.5. The van der Waals surface area contributed by atoms with E-state index in [1.165, 1.54) is 25.7 Å². The molecule has 2 N–H and O–H groups in total. The molecule has 1 saturated carbocycles. The molecule has 1 fully saturated rings. The summed E-state index contributed by atoms with van der Waals surface area (Å²) in [5.74, 6) is 0.708. The van der Waals surface area contributed by atoms with Gasteiger partial charge < -0.3 is 10.6 Å². The molecular formula is C15H21ClN2S. The van der Waals surface area contributed by atoms with Crippen molar-refractivity contribution in [1.29, 1.82) is 0 Å². The number of halogens is 1. The van der Waals surface area contributed by atoms with Crippen LogP contribution in [0.4, 0.5) is 0 Å². The summed E-state index contributed by atoms with van der Waals surface area (Å²) in [6, 6.07) is 8.36. The second-order valence-electron chi connectivity index (χ2n) is 5.33. The zero-order valence-electron chi connectivity index (χ0n) is 11.3. The highest BCUT2D eigenvalue weighted by Crippen LogP contribution is 2.23. The van der Waals surface area contributed by atoms with Crippen molar-refractivity contribution >= 4 is 28.9 Å². The third kappa shape index (κ3) is 4.66. The third-order valence-corrected chi connectivity index (χ3v) is 4.27. The van der Waals surface area contributed by atoms with E-state index in [1.54, 1.807) is 0 Å². The zero-order valence-corrected chi connectivity index (χ0v) is 12.9. The lowest BCUT2D eigenvalue weighted by molar-refractivity contribution is 0.308. The van der Waals surface area contributed by atoms with E-state index in [9.17, 15) is 0 Å². The first-order valence-corrected chi connectivity index (χ1v) is 7.72. The van der Waals surface area contributed by atoms with Crippen LogP contribution in [0.15, 0.2) is 24.3 Å². The smallest absolute Gasteiger partial charge is 0.166 e. The number of nitrogens with one attached hydrogen (secondary N) is 2. The summed E-state index contributed by atoms with van der Waals surface area (Å²) >= 11 is 11.3. The fourth-order valence-electron chi connectivity index (χ4n) is 2.58. The molecule has 0 saturated heterocycles. The molecule has 1 aliphatic carbocycles. The summed E-state index contributed by atoms with van der Waals surface area (Å²) in [6.45, 7) is 3.02. The molecule has 2 nitrogen and oxygen atoms in total. The number of hydrogen-bond donors (Lipinski definition) is 2. The number of benzene rings is 1. The first kappa shape index (κ1) is 14.6. The average Bonchev–Trinajstić information content (AvgIpc) is 2.39. The van der Waals surface area contributed by atoms with Crippen molar-refractivity contribution in [1.82, 2.24) is 10.6 Å². The number of rotatable bonds is 3. The summed E-state index contributed by atoms with van der Waals surface area (Å²) in [5.41, 5.74) is 1.15. The Hall–Kier alpha value is -0.800. The highest BCUT2D eigenvalue weighted by molar-refractivity contribution is 7.80. The summed E-state index contributed by atoms with van der Waals surface area (Å²) < 4.78 is 0. The largest absolute Gasteiger partial charge is 0.360 e. The van der Waals surface area contributed by atoms with E-state index in [-0.39, 0.29) is 0 Å². The first-order valence-electron chi connectivity index (χ1n) is 6.94. The van der Waals surface area contributed by atoms with Crippen molar-refractivity contribution < 1.29 is 0 Å². The molecule has 1 aromatic carbocycles. The SMILES string of the molecule is C[C@@H]1CCCC[C@@H]1NC(=S)NCc1cccc(Cl)c1. The molecule has 1 aromatic rings. The van der Waals surface area contributed by atoms with E-state index in [4.69, 9.17) is 23.8 Å². The third-order valence-electron chi connectivity index (χ3n) is 3.77. The quantitative estimate of drug-likeness (QED) is 0.828. The minimum Gasteiger partial charge on any atom is -0.360 e. The predicted molar refractivity (Wildman–Crippen MR) is 85.4 cm³/mol. The standard InChI is InChI=1S/C15H21ClN2S/c1-11-5-2-3-8-14(11)18-15(19)17-10-12-6-4-7-13(16)9-12/h4,6-7,9,11,14H,2-3,5,8,10H2,1H3,(H2,17,18,19)/t11-,14+/m1/s1. The molecule has 0 radical (unpaired) electrons. The topological polar surface area (TPSA) is 24.1 Å². The second-order valence-corrected chi connectivity index (χ2v) is 6.17. The van der Waals surface area contributed by atoms with Crippen LogP contribution in [0.25, 0.3) is 0 Å². The predicted octanol–water partition coefficient (Wildman–Crippen LogP) is 3.88. The monoisotopic (exact) mass is 296 g/mol. The Morgan fingerprint density at radius 3 is 2.89 bits per heavy atom. The van der Waals surface area contributed by atoms with Gasteiger partial charge in [-0.2, -0.15) is 0 Å². The maximum atomic E-state index is 5.96. The van der Waals surface area contributed by atoms with Gasteiger partial charge in [-0.1, -0.05) is 43.5 Å². The van der Waals surface area contributed by atoms with Gasteiger partial charge in [0.1, 0.15) is 0 Å². The number of hydrogen-bond acceptors (Lipinski definition) is 1. The minimum absolute atomic E-state index is 0.521. The molecule has 0 bridgehead atoms. The Morgan fingerprint density at radius 1 is 1.37 bits per heavy atom. The maximum absolute atomic E-state index is 5.96. The van der Waals surface area contributed by atoms with Gasteiger partial charge in [0.15, 0.2) is 5.11 Å². The second kappa shape index (κ2) is 7.11. The van der Waals surface area contributed by atoms with Gasteiger partial charge in [-0.3, -0.25) is 0 Å². The number of thiocarbonyl (C=S) groups is 1. The average molecular weight is 297 g/mol. The maximum Gasteiger partial charge on any atom is 0.166 e. The van der Waals surface area contributed by atoms with Crippen molar-refractivity contribution in [2.45, 2.75) is 45.2 Å². The van der Waals surface area contributed by atoms with E-state index in [1.807, 2.05) is 24.3 Å². The van der Waals surface area contributed by atoms with Crippen LogP contribution in [-0.4, -0.2) is 11.2 Å². The molecule has 2 atom stereocenters. The Labute approximate surface area is 125 Å². The van der Waals surface area contributed by atoms with Gasteiger partial charge in [0.05, 0.1) is 0 Å². The molecule has 0 spiro atoms. The van der Waals surface area contributed by atoms with Crippen LogP contribution in [-0.2, 0) is 6.54 Å². The molecular weight excluding hydrogens is 276 g/mol. The Morgan fingerprint density at radius 2 is 2.16 bits per heavy atom. The summed E-state index contributed by atoms with van der Waals surface area (Å²) in [7, 11) is 0. The molecule has 104 valence electrons. The van der Waals surface area contributed by atoms with Crippen molar-refractivity contribution in [3.63, 3.8) is 0 Å². The van der Waals surface area contributed by atoms with Crippen molar-refractivity contribution in [3.05, 3.63) is 34.9 Å². The Kier molecular flexibility index (Phi) is 5.46. The van der Waals surface area contributed by atoms with Gasteiger partial charge in [0.2, 0.25) is 0 Å². The van der Waals surface area contributed by atoms with Gasteiger partial charge >= 0.3 is 0 Å². The van der Waals surface area contributed by atoms with Crippen LogP contribution in [0.1, 0.15) is 38.2 Å². The first-order chi connectivity index (χ1) is 9.15.